The predicted molar refractivity (Wildman–Crippen MR) is 106 cm³/mol. The van der Waals surface area contributed by atoms with Crippen LogP contribution in [0.15, 0.2) is 71.3 Å². The van der Waals surface area contributed by atoms with E-state index in [1.807, 2.05) is 59.2 Å². The number of carbonyl (C=O) groups excluding carboxylic acids is 1. The smallest absolute Gasteiger partial charge is 0.240 e. The molecule has 4 aromatic rings. The van der Waals surface area contributed by atoms with Crippen molar-refractivity contribution >= 4 is 16.9 Å². The number of methoxy groups -OCH3 is 1. The van der Waals surface area contributed by atoms with Gasteiger partial charge >= 0.3 is 0 Å². The average molecular weight is 375 g/mol. The molecule has 1 amide bonds. The van der Waals surface area contributed by atoms with Crippen LogP contribution in [-0.2, 0) is 24.3 Å². The van der Waals surface area contributed by atoms with Crippen molar-refractivity contribution in [3.8, 4) is 5.75 Å². The van der Waals surface area contributed by atoms with Crippen LogP contribution in [0.5, 0.6) is 5.75 Å². The molecule has 0 aliphatic carbocycles. The zero-order valence-electron chi connectivity index (χ0n) is 15.6. The lowest BCUT2D eigenvalue weighted by Crippen LogP contribution is -2.27. The predicted octanol–water partition coefficient (Wildman–Crippen LogP) is 3.55. The fourth-order valence-corrected chi connectivity index (χ4v) is 3.16. The van der Waals surface area contributed by atoms with Crippen molar-refractivity contribution in [2.45, 2.75) is 19.5 Å². The third kappa shape index (κ3) is 3.91. The molecular weight excluding hydrogens is 354 g/mol. The third-order valence-electron chi connectivity index (χ3n) is 4.60. The first kappa shape index (κ1) is 17.9. The molecule has 0 saturated heterocycles. The number of benzene rings is 2. The highest BCUT2D eigenvalue weighted by Gasteiger charge is 2.14. The minimum Gasteiger partial charge on any atom is -0.497 e. The topological polar surface area (TPSA) is 69.3 Å². The Hall–Kier alpha value is -3.54. The minimum absolute atomic E-state index is 0.0875. The first-order valence-corrected chi connectivity index (χ1v) is 9.09. The minimum atomic E-state index is -0.0875. The summed E-state index contributed by atoms with van der Waals surface area (Å²) in [7, 11) is 1.65. The molecule has 6 nitrogen and oxygen atoms in total. The van der Waals surface area contributed by atoms with Gasteiger partial charge in [0.2, 0.25) is 5.91 Å². The molecule has 142 valence electrons. The summed E-state index contributed by atoms with van der Waals surface area (Å²) in [5, 5.41) is 2.90. The molecule has 0 unspecified atom stereocenters. The van der Waals surface area contributed by atoms with Crippen molar-refractivity contribution in [1.82, 2.24) is 14.9 Å². The average Bonchev–Trinajstić information content (AvgIpc) is 3.36. The molecule has 2 aromatic carbocycles. The van der Waals surface area contributed by atoms with Gasteiger partial charge in [0.05, 0.1) is 31.0 Å². The summed E-state index contributed by atoms with van der Waals surface area (Å²) in [5.74, 6) is 2.30. The van der Waals surface area contributed by atoms with E-state index in [1.165, 1.54) is 0 Å². The molecule has 28 heavy (non-hydrogen) atoms. The van der Waals surface area contributed by atoms with E-state index < -0.39 is 0 Å². The standard InChI is InChI=1S/C22H21N3O3/c1-27-17-10-8-16(9-11-17)13-21-24-19-6-2-3-7-20(19)25(21)15-22(26)23-14-18-5-4-12-28-18/h2-12H,13-15H2,1H3,(H,23,26). The van der Waals surface area contributed by atoms with E-state index in [0.29, 0.717) is 13.0 Å². The molecule has 0 atom stereocenters. The largest absolute Gasteiger partial charge is 0.497 e. The Bertz CT molecular complexity index is 1070. The highest BCUT2D eigenvalue weighted by atomic mass is 16.5. The summed E-state index contributed by atoms with van der Waals surface area (Å²) in [6, 6.07) is 19.4. The van der Waals surface area contributed by atoms with Gasteiger partial charge in [0, 0.05) is 6.42 Å². The Morgan fingerprint density at radius 3 is 2.68 bits per heavy atom. The van der Waals surface area contributed by atoms with Crippen LogP contribution in [0.25, 0.3) is 11.0 Å². The van der Waals surface area contributed by atoms with Gasteiger partial charge in [-0.1, -0.05) is 24.3 Å². The van der Waals surface area contributed by atoms with Crippen LogP contribution in [0.2, 0.25) is 0 Å². The van der Waals surface area contributed by atoms with Gasteiger partial charge in [-0.25, -0.2) is 4.98 Å². The quantitative estimate of drug-likeness (QED) is 0.536. The first-order chi connectivity index (χ1) is 13.7. The highest BCUT2D eigenvalue weighted by Crippen LogP contribution is 2.20. The van der Waals surface area contributed by atoms with E-state index >= 15 is 0 Å². The molecule has 2 heterocycles. The molecule has 0 spiro atoms. The number of aromatic nitrogens is 2. The first-order valence-electron chi connectivity index (χ1n) is 9.09. The molecule has 0 bridgehead atoms. The van der Waals surface area contributed by atoms with Crippen molar-refractivity contribution in [3.63, 3.8) is 0 Å². The summed E-state index contributed by atoms with van der Waals surface area (Å²) in [6.07, 6.45) is 2.22. The van der Waals surface area contributed by atoms with Gasteiger partial charge in [0.15, 0.2) is 0 Å². The SMILES string of the molecule is COc1ccc(Cc2nc3ccccc3n2CC(=O)NCc2ccco2)cc1. The number of hydrogen-bond acceptors (Lipinski definition) is 4. The molecule has 0 aliphatic heterocycles. The van der Waals surface area contributed by atoms with E-state index in [4.69, 9.17) is 14.1 Å². The van der Waals surface area contributed by atoms with Crippen molar-refractivity contribution < 1.29 is 13.9 Å². The number of ether oxygens (including phenoxy) is 1. The Balaban J connectivity index is 1.56. The lowest BCUT2D eigenvalue weighted by Gasteiger charge is -2.10. The van der Waals surface area contributed by atoms with Crippen LogP contribution in [0.1, 0.15) is 17.1 Å². The summed E-state index contributed by atoms with van der Waals surface area (Å²) < 4.78 is 12.5. The normalized spacial score (nSPS) is 10.9. The number of para-hydroxylation sites is 2. The Morgan fingerprint density at radius 2 is 1.93 bits per heavy atom. The van der Waals surface area contributed by atoms with Crippen molar-refractivity contribution in [2.75, 3.05) is 7.11 Å². The van der Waals surface area contributed by atoms with Crippen LogP contribution >= 0.6 is 0 Å². The van der Waals surface area contributed by atoms with Crippen LogP contribution < -0.4 is 10.1 Å². The van der Waals surface area contributed by atoms with Gasteiger partial charge in [-0.3, -0.25) is 4.79 Å². The van der Waals surface area contributed by atoms with Gasteiger partial charge in [0.1, 0.15) is 23.9 Å². The maximum Gasteiger partial charge on any atom is 0.240 e. The second-order valence-electron chi connectivity index (χ2n) is 6.48. The Kier molecular flexibility index (Phi) is 5.10. The fraction of sp³-hybridized carbons (Fsp3) is 0.182. The Labute approximate surface area is 162 Å². The van der Waals surface area contributed by atoms with E-state index in [9.17, 15) is 4.79 Å². The van der Waals surface area contributed by atoms with E-state index in [2.05, 4.69) is 5.32 Å². The molecule has 2 aromatic heterocycles. The van der Waals surface area contributed by atoms with Gasteiger partial charge in [0.25, 0.3) is 0 Å². The number of furan rings is 1. The molecular formula is C22H21N3O3. The maximum absolute atomic E-state index is 12.5. The molecule has 4 rings (SSSR count). The van der Waals surface area contributed by atoms with Crippen LogP contribution in [0, 0.1) is 0 Å². The third-order valence-corrected chi connectivity index (χ3v) is 4.60. The molecule has 0 aliphatic rings. The van der Waals surface area contributed by atoms with Crippen molar-refractivity contribution in [3.05, 3.63) is 84.1 Å². The van der Waals surface area contributed by atoms with Crippen molar-refractivity contribution in [2.24, 2.45) is 0 Å². The van der Waals surface area contributed by atoms with E-state index in [1.54, 1.807) is 19.4 Å². The number of carbonyl (C=O) groups is 1. The number of nitrogens with zero attached hydrogens (tertiary/aromatic N) is 2. The zero-order valence-corrected chi connectivity index (χ0v) is 15.6. The summed E-state index contributed by atoms with van der Waals surface area (Å²) in [4.78, 5) is 17.3. The molecule has 1 N–H and O–H groups in total. The second kappa shape index (κ2) is 8.00. The Morgan fingerprint density at radius 1 is 1.11 bits per heavy atom. The number of rotatable bonds is 7. The number of imidazole rings is 1. The summed E-state index contributed by atoms with van der Waals surface area (Å²) in [5.41, 5.74) is 2.93. The van der Waals surface area contributed by atoms with Crippen LogP contribution in [0.3, 0.4) is 0 Å². The summed E-state index contributed by atoms with van der Waals surface area (Å²) in [6.45, 7) is 0.568. The highest BCUT2D eigenvalue weighted by molar-refractivity contribution is 5.81. The molecule has 0 saturated carbocycles. The monoisotopic (exact) mass is 375 g/mol. The molecule has 0 radical (unpaired) electrons. The van der Waals surface area contributed by atoms with Crippen LogP contribution in [0.4, 0.5) is 0 Å². The maximum atomic E-state index is 12.5. The lowest BCUT2D eigenvalue weighted by atomic mass is 10.1. The number of hydrogen-bond donors (Lipinski definition) is 1. The van der Waals surface area contributed by atoms with E-state index in [0.717, 1.165) is 33.9 Å². The number of amides is 1. The summed E-state index contributed by atoms with van der Waals surface area (Å²) >= 11 is 0. The zero-order chi connectivity index (χ0) is 19.3. The fourth-order valence-electron chi connectivity index (χ4n) is 3.16. The molecule has 0 fully saturated rings. The van der Waals surface area contributed by atoms with Gasteiger partial charge in [-0.05, 0) is 42.0 Å². The molecule has 6 heteroatoms. The van der Waals surface area contributed by atoms with Gasteiger partial charge in [-0.2, -0.15) is 0 Å². The van der Waals surface area contributed by atoms with Crippen LogP contribution in [-0.4, -0.2) is 22.6 Å². The van der Waals surface area contributed by atoms with Gasteiger partial charge < -0.3 is 19.0 Å². The second-order valence-corrected chi connectivity index (χ2v) is 6.48. The van der Waals surface area contributed by atoms with Gasteiger partial charge in [-0.15, -0.1) is 0 Å². The number of fused-ring (bicyclic) bond motifs is 1. The van der Waals surface area contributed by atoms with E-state index in [-0.39, 0.29) is 12.5 Å². The lowest BCUT2D eigenvalue weighted by molar-refractivity contribution is -0.121. The van der Waals surface area contributed by atoms with Crippen molar-refractivity contribution in [1.29, 1.82) is 0 Å². The number of nitrogens with one attached hydrogen (secondary N) is 1.